The molecule has 0 aromatic heterocycles. The van der Waals surface area contributed by atoms with Crippen LogP contribution >= 0.6 is 0 Å². The summed E-state index contributed by atoms with van der Waals surface area (Å²) < 4.78 is 0. The Bertz CT molecular complexity index is 279. The zero-order valence-electron chi connectivity index (χ0n) is 13.6. The van der Waals surface area contributed by atoms with Crippen molar-refractivity contribution in [1.29, 1.82) is 0 Å². The maximum Gasteiger partial charge on any atom is 0.225 e. The second kappa shape index (κ2) is 9.35. The van der Waals surface area contributed by atoms with E-state index in [9.17, 15) is 4.79 Å². The van der Waals surface area contributed by atoms with Crippen molar-refractivity contribution < 1.29 is 4.79 Å². The number of carbonyl (C=O) groups excluding carboxylic acids is 1. The van der Waals surface area contributed by atoms with E-state index in [1.165, 1.54) is 12.8 Å². The molecule has 0 saturated heterocycles. The highest BCUT2D eigenvalue weighted by Crippen LogP contribution is 2.32. The van der Waals surface area contributed by atoms with Gasteiger partial charge in [0.1, 0.15) is 0 Å². The number of hydrogen-bond donors (Lipinski definition) is 1. The van der Waals surface area contributed by atoms with Crippen molar-refractivity contribution in [3.05, 3.63) is 0 Å². The van der Waals surface area contributed by atoms with E-state index < -0.39 is 0 Å². The number of nitrogens with zero attached hydrogens (tertiary/aromatic N) is 2. The van der Waals surface area contributed by atoms with Crippen LogP contribution in [0.25, 0.3) is 0 Å². The van der Waals surface area contributed by atoms with Gasteiger partial charge in [-0.15, -0.1) is 0 Å². The Balaban J connectivity index is 2.43. The summed E-state index contributed by atoms with van der Waals surface area (Å²) in [6.07, 6.45) is 6.72. The molecular formula is C16H33N3O. The van der Waals surface area contributed by atoms with Gasteiger partial charge in [0.25, 0.3) is 0 Å². The Kier molecular flexibility index (Phi) is 8.15. The normalized spacial score (nSPS) is 23.1. The Hall–Kier alpha value is -0.610. The molecule has 20 heavy (non-hydrogen) atoms. The fourth-order valence-corrected chi connectivity index (χ4v) is 3.27. The molecule has 2 atom stereocenters. The van der Waals surface area contributed by atoms with Crippen LogP contribution in [-0.4, -0.2) is 56.0 Å². The predicted octanol–water partition coefficient (Wildman–Crippen LogP) is 1.94. The van der Waals surface area contributed by atoms with Crippen LogP contribution in [0.1, 0.15) is 45.4 Å². The van der Waals surface area contributed by atoms with Crippen molar-refractivity contribution in [2.45, 2.75) is 45.4 Å². The fraction of sp³-hybridized carbons (Fsp3) is 0.938. The van der Waals surface area contributed by atoms with E-state index in [1.807, 2.05) is 0 Å². The number of nitrogens with two attached hydrogens (primary N) is 1. The minimum atomic E-state index is 0.250. The third-order valence-electron chi connectivity index (χ3n) is 4.43. The molecule has 0 spiro atoms. The third kappa shape index (κ3) is 5.80. The molecule has 0 aromatic rings. The molecule has 118 valence electrons. The molecule has 0 aromatic carbocycles. The van der Waals surface area contributed by atoms with E-state index in [2.05, 4.69) is 30.8 Å². The monoisotopic (exact) mass is 283 g/mol. The lowest BCUT2D eigenvalue weighted by Crippen LogP contribution is -2.39. The molecule has 4 nitrogen and oxygen atoms in total. The zero-order chi connectivity index (χ0) is 15.0. The third-order valence-corrected chi connectivity index (χ3v) is 4.43. The minimum absolute atomic E-state index is 0.250. The van der Waals surface area contributed by atoms with Gasteiger partial charge in [-0.3, -0.25) is 4.79 Å². The van der Waals surface area contributed by atoms with Gasteiger partial charge in [-0.2, -0.15) is 0 Å². The molecule has 0 heterocycles. The number of rotatable bonds is 8. The molecule has 2 unspecified atom stereocenters. The largest absolute Gasteiger partial charge is 0.343 e. The van der Waals surface area contributed by atoms with Crippen LogP contribution in [0.3, 0.4) is 0 Å². The second-order valence-electron chi connectivity index (χ2n) is 6.38. The highest BCUT2D eigenvalue weighted by atomic mass is 16.2. The molecule has 1 saturated carbocycles. The highest BCUT2D eigenvalue weighted by molar-refractivity contribution is 5.78. The molecule has 0 bridgehead atoms. The Morgan fingerprint density at radius 1 is 1.25 bits per heavy atom. The second-order valence-corrected chi connectivity index (χ2v) is 6.38. The standard InChI is InChI=1S/C16H33N3O/c1-4-19(12-6-11-18(2)3)16(20)15-8-5-7-14(13-15)9-10-17/h14-15H,4-13,17H2,1-3H3. The van der Waals surface area contributed by atoms with Crippen molar-refractivity contribution in [1.82, 2.24) is 9.80 Å². The maximum absolute atomic E-state index is 12.6. The van der Waals surface area contributed by atoms with Gasteiger partial charge in [0.15, 0.2) is 0 Å². The van der Waals surface area contributed by atoms with Crippen molar-refractivity contribution in [2.75, 3.05) is 40.3 Å². The van der Waals surface area contributed by atoms with E-state index in [4.69, 9.17) is 5.73 Å². The van der Waals surface area contributed by atoms with Crippen LogP contribution in [0.4, 0.5) is 0 Å². The summed E-state index contributed by atoms with van der Waals surface area (Å²) in [7, 11) is 4.16. The average Bonchev–Trinajstić information content (AvgIpc) is 2.43. The van der Waals surface area contributed by atoms with Crippen LogP contribution in [0.15, 0.2) is 0 Å². The van der Waals surface area contributed by atoms with Gasteiger partial charge in [-0.25, -0.2) is 0 Å². The summed E-state index contributed by atoms with van der Waals surface area (Å²) in [5.74, 6) is 1.30. The summed E-state index contributed by atoms with van der Waals surface area (Å²) in [6, 6.07) is 0. The maximum atomic E-state index is 12.6. The molecule has 2 N–H and O–H groups in total. The van der Waals surface area contributed by atoms with E-state index in [0.29, 0.717) is 11.8 Å². The van der Waals surface area contributed by atoms with Crippen LogP contribution in [0.2, 0.25) is 0 Å². The molecule has 1 fully saturated rings. The van der Waals surface area contributed by atoms with Gasteiger partial charge in [0.05, 0.1) is 0 Å². The SMILES string of the molecule is CCN(CCCN(C)C)C(=O)C1CCCC(CCN)C1. The predicted molar refractivity (Wildman–Crippen MR) is 84.5 cm³/mol. The number of amides is 1. The highest BCUT2D eigenvalue weighted by Gasteiger charge is 2.29. The number of carbonyl (C=O) groups is 1. The van der Waals surface area contributed by atoms with Crippen LogP contribution in [0, 0.1) is 11.8 Å². The van der Waals surface area contributed by atoms with Gasteiger partial charge in [0, 0.05) is 19.0 Å². The molecular weight excluding hydrogens is 250 g/mol. The van der Waals surface area contributed by atoms with Crippen molar-refractivity contribution in [2.24, 2.45) is 17.6 Å². The zero-order valence-corrected chi connectivity index (χ0v) is 13.6. The topological polar surface area (TPSA) is 49.6 Å². The first-order valence-electron chi connectivity index (χ1n) is 8.22. The van der Waals surface area contributed by atoms with Gasteiger partial charge >= 0.3 is 0 Å². The molecule has 1 rings (SSSR count). The van der Waals surface area contributed by atoms with Crippen LogP contribution in [0.5, 0.6) is 0 Å². The van der Waals surface area contributed by atoms with E-state index in [1.54, 1.807) is 0 Å². The summed E-state index contributed by atoms with van der Waals surface area (Å²) in [6.45, 7) is 5.62. The summed E-state index contributed by atoms with van der Waals surface area (Å²) >= 11 is 0. The van der Waals surface area contributed by atoms with Crippen molar-refractivity contribution in [3.63, 3.8) is 0 Å². The molecule has 1 amide bonds. The first-order valence-corrected chi connectivity index (χ1v) is 8.22. The quantitative estimate of drug-likeness (QED) is 0.740. The Labute approximate surface area is 124 Å². The summed E-state index contributed by atoms with van der Waals surface area (Å²) in [5, 5.41) is 0. The van der Waals surface area contributed by atoms with Crippen molar-refractivity contribution >= 4 is 5.91 Å². The van der Waals surface area contributed by atoms with Gasteiger partial charge < -0.3 is 15.5 Å². The lowest BCUT2D eigenvalue weighted by molar-refractivity contribution is -0.137. The minimum Gasteiger partial charge on any atom is -0.343 e. The Morgan fingerprint density at radius 2 is 2.00 bits per heavy atom. The van der Waals surface area contributed by atoms with E-state index in [0.717, 1.165) is 51.9 Å². The first kappa shape index (κ1) is 17.4. The molecule has 4 heteroatoms. The van der Waals surface area contributed by atoms with Crippen LogP contribution < -0.4 is 5.73 Å². The van der Waals surface area contributed by atoms with Crippen LogP contribution in [-0.2, 0) is 4.79 Å². The van der Waals surface area contributed by atoms with Gasteiger partial charge in [-0.05, 0) is 65.7 Å². The lowest BCUT2D eigenvalue weighted by atomic mass is 9.79. The van der Waals surface area contributed by atoms with Gasteiger partial charge in [-0.1, -0.05) is 12.8 Å². The van der Waals surface area contributed by atoms with Crippen molar-refractivity contribution in [3.8, 4) is 0 Å². The average molecular weight is 283 g/mol. The number of hydrogen-bond acceptors (Lipinski definition) is 3. The molecule has 1 aliphatic carbocycles. The molecule has 0 aliphatic heterocycles. The Morgan fingerprint density at radius 3 is 2.60 bits per heavy atom. The van der Waals surface area contributed by atoms with Gasteiger partial charge in [0.2, 0.25) is 5.91 Å². The van der Waals surface area contributed by atoms with E-state index >= 15 is 0 Å². The lowest BCUT2D eigenvalue weighted by Gasteiger charge is -2.32. The molecule has 0 radical (unpaired) electrons. The van der Waals surface area contributed by atoms with E-state index in [-0.39, 0.29) is 5.92 Å². The first-order chi connectivity index (χ1) is 9.58. The molecule has 1 aliphatic rings. The summed E-state index contributed by atoms with van der Waals surface area (Å²) in [5.41, 5.74) is 5.66. The smallest absolute Gasteiger partial charge is 0.225 e. The fourth-order valence-electron chi connectivity index (χ4n) is 3.27. The summed E-state index contributed by atoms with van der Waals surface area (Å²) in [4.78, 5) is 16.9.